The first-order valence-corrected chi connectivity index (χ1v) is 4.80. The lowest BCUT2D eigenvalue weighted by Crippen LogP contribution is -2.29. The summed E-state index contributed by atoms with van der Waals surface area (Å²) in [7, 11) is 0. The van der Waals surface area contributed by atoms with Crippen LogP contribution in [0.15, 0.2) is 12.4 Å². The second-order valence-electron chi connectivity index (χ2n) is 1.54. The molecule has 0 fully saturated rings. The summed E-state index contributed by atoms with van der Waals surface area (Å²) in [6, 6.07) is 0. The molecule has 0 aliphatic carbocycles. The molecule has 0 aromatic carbocycles. The first-order valence-electron chi connectivity index (χ1n) is 2.66. The summed E-state index contributed by atoms with van der Waals surface area (Å²) in [6.07, 6.45) is 0. The van der Waals surface area contributed by atoms with E-state index in [1.165, 1.54) is 0 Å². The Labute approximate surface area is 90.8 Å². The molecule has 0 saturated carbocycles. The molecule has 0 unspecified atom stereocenters. The minimum atomic E-state index is 0.284. The van der Waals surface area contributed by atoms with E-state index in [-0.39, 0.29) is 4.32 Å². The fourth-order valence-corrected chi connectivity index (χ4v) is 1.13. The number of nitrogens with one attached hydrogen (secondary N) is 2. The number of hydrogen-bond donors (Lipinski definition) is 3. The van der Waals surface area contributed by atoms with Crippen molar-refractivity contribution in [1.29, 1.82) is 0 Å². The van der Waals surface area contributed by atoms with Gasteiger partial charge in [-0.3, -0.25) is 4.79 Å². The quantitative estimate of drug-likeness (QED) is 0.388. The summed E-state index contributed by atoms with van der Waals surface area (Å²) < 4.78 is 0.596. The first kappa shape index (κ1) is 11.9. The van der Waals surface area contributed by atoms with Crippen LogP contribution >= 0.6 is 48.8 Å². The average molecular weight is 238 g/mol. The summed E-state index contributed by atoms with van der Waals surface area (Å²) >= 11 is 14.0. The zero-order valence-electron chi connectivity index (χ0n) is 5.86. The smallest absolute Gasteiger partial charge is 0.183 e. The van der Waals surface area contributed by atoms with Gasteiger partial charge in [-0.25, -0.2) is 0 Å². The molecule has 0 heterocycles. The highest BCUT2D eigenvalue weighted by Gasteiger charge is 1.98. The molecule has 0 atom stereocenters. The monoisotopic (exact) mass is 238 g/mol. The number of rotatable bonds is 3. The maximum atomic E-state index is 9.96. The van der Waals surface area contributed by atoms with Crippen molar-refractivity contribution in [1.82, 2.24) is 10.6 Å². The molecule has 0 bridgehead atoms. The molecule has 0 saturated heterocycles. The van der Waals surface area contributed by atoms with Crippen molar-refractivity contribution in [3.8, 4) is 0 Å². The van der Waals surface area contributed by atoms with Crippen LogP contribution in [0.2, 0.25) is 0 Å². The summed E-state index contributed by atoms with van der Waals surface area (Å²) in [4.78, 5) is 9.96. The van der Waals surface area contributed by atoms with Gasteiger partial charge in [0.15, 0.2) is 5.62 Å². The van der Waals surface area contributed by atoms with E-state index >= 15 is 0 Å². The van der Waals surface area contributed by atoms with Crippen LogP contribution in [0.4, 0.5) is 0 Å². The zero-order chi connectivity index (χ0) is 9.56. The Balaban J connectivity index is 3.76. The van der Waals surface area contributed by atoms with Crippen molar-refractivity contribution in [2.24, 2.45) is 0 Å². The normalized spacial score (nSPS) is 8.42. The van der Waals surface area contributed by atoms with E-state index in [0.717, 1.165) is 11.8 Å². The minimum absolute atomic E-state index is 0.284. The molecule has 0 amide bonds. The summed E-state index contributed by atoms with van der Waals surface area (Å²) in [6.45, 7) is 3.54. The van der Waals surface area contributed by atoms with Gasteiger partial charge in [0.05, 0.1) is 0 Å². The van der Waals surface area contributed by atoms with E-state index in [4.69, 9.17) is 12.2 Å². The van der Waals surface area contributed by atoms with Crippen molar-refractivity contribution in [3.05, 3.63) is 12.4 Å². The average Bonchev–Trinajstić information content (AvgIpc) is 1.84. The van der Waals surface area contributed by atoms with Crippen LogP contribution in [-0.2, 0) is 4.79 Å². The summed E-state index contributed by atoms with van der Waals surface area (Å²) in [5.41, 5.74) is 0.627. The lowest BCUT2D eigenvalue weighted by molar-refractivity contribution is 0.570. The van der Waals surface area contributed by atoms with Gasteiger partial charge in [0.25, 0.3) is 0 Å². The Kier molecular flexibility index (Phi) is 6.35. The van der Waals surface area contributed by atoms with E-state index in [1.807, 2.05) is 0 Å². The molecule has 0 aliphatic rings. The van der Waals surface area contributed by atoms with Gasteiger partial charge in [0.1, 0.15) is 14.5 Å². The van der Waals surface area contributed by atoms with E-state index in [0.29, 0.717) is 15.8 Å². The van der Waals surface area contributed by atoms with Crippen molar-refractivity contribution >= 4 is 63.1 Å². The van der Waals surface area contributed by atoms with E-state index in [9.17, 15) is 4.79 Å². The maximum Gasteiger partial charge on any atom is 0.183 e. The van der Waals surface area contributed by atoms with E-state index in [1.54, 1.807) is 0 Å². The van der Waals surface area contributed by atoms with Gasteiger partial charge in [0, 0.05) is 0 Å². The molecule has 12 heavy (non-hydrogen) atoms. The van der Waals surface area contributed by atoms with Crippen LogP contribution in [0.25, 0.3) is 0 Å². The molecule has 0 spiro atoms. The van der Waals surface area contributed by atoms with Crippen LogP contribution in [0.3, 0.4) is 0 Å². The van der Waals surface area contributed by atoms with Crippen LogP contribution < -0.4 is 10.6 Å². The van der Waals surface area contributed by atoms with Gasteiger partial charge >= 0.3 is 0 Å². The Hall–Kier alpha value is -0.110. The van der Waals surface area contributed by atoms with E-state index in [2.05, 4.69) is 42.1 Å². The van der Waals surface area contributed by atoms with Crippen molar-refractivity contribution < 1.29 is 4.79 Å². The van der Waals surface area contributed by atoms with Crippen molar-refractivity contribution in [3.63, 3.8) is 0 Å². The molecule has 0 rings (SSSR count). The molecule has 0 aliphatic heterocycles. The van der Waals surface area contributed by atoms with Crippen LogP contribution in [0.5, 0.6) is 0 Å². The van der Waals surface area contributed by atoms with Gasteiger partial charge in [0.2, 0.25) is 0 Å². The number of carbonyl (C=O) groups excluding carboxylic acids is 1. The highest BCUT2D eigenvalue weighted by atomic mass is 32.2. The Bertz CT molecular complexity index is 227. The van der Waals surface area contributed by atoms with Crippen LogP contribution in [0.1, 0.15) is 0 Å². The van der Waals surface area contributed by atoms with Crippen LogP contribution in [-0.4, -0.2) is 14.3 Å². The largest absolute Gasteiger partial charge is 0.328 e. The third-order valence-corrected chi connectivity index (χ3v) is 1.68. The predicted molar refractivity (Wildman–Crippen MR) is 63.9 cm³/mol. The number of carbonyl (C=O) groups is 1. The van der Waals surface area contributed by atoms with Crippen LogP contribution in [0, 0.1) is 0 Å². The Morgan fingerprint density at radius 3 is 2.50 bits per heavy atom. The fraction of sp³-hybridized carbons (Fsp3) is 0. The lowest BCUT2D eigenvalue weighted by atomic mass is 10.8. The lowest BCUT2D eigenvalue weighted by Gasteiger charge is -2.08. The Morgan fingerprint density at radius 2 is 2.08 bits per heavy atom. The van der Waals surface area contributed by atoms with Gasteiger partial charge in [-0.15, -0.1) is 12.6 Å². The topological polar surface area (TPSA) is 41.1 Å². The molecule has 0 radical (unpaired) electrons. The summed E-state index contributed by atoms with van der Waals surface area (Å²) in [5.74, 6) is 0.398. The van der Waals surface area contributed by atoms with Crippen molar-refractivity contribution in [2.45, 2.75) is 0 Å². The SMILES string of the molecule is C=C(NC(=S)S)NC(=S)SC=O. The van der Waals surface area contributed by atoms with Crippen molar-refractivity contribution in [2.75, 3.05) is 0 Å². The van der Waals surface area contributed by atoms with Gasteiger partial charge < -0.3 is 10.6 Å². The predicted octanol–water partition coefficient (Wildman–Crippen LogP) is 1.06. The highest BCUT2D eigenvalue weighted by molar-refractivity contribution is 8.31. The summed E-state index contributed by atoms with van der Waals surface area (Å²) in [5, 5.41) is 5.24. The molecule has 66 valence electrons. The number of thiol groups is 1. The highest BCUT2D eigenvalue weighted by Crippen LogP contribution is 1.96. The first-order chi connectivity index (χ1) is 5.56. The zero-order valence-corrected chi connectivity index (χ0v) is 9.21. The number of thioether (sulfide) groups is 1. The molecular formula is C5H6N2OS4. The molecule has 3 nitrogen and oxygen atoms in total. The second-order valence-corrected chi connectivity index (χ2v) is 4.20. The number of hydrogen-bond acceptors (Lipinski definition) is 4. The molecule has 2 N–H and O–H groups in total. The second kappa shape index (κ2) is 6.41. The number of thiocarbonyl (C=S) groups is 2. The van der Waals surface area contributed by atoms with Gasteiger partial charge in [-0.2, -0.15) is 0 Å². The van der Waals surface area contributed by atoms with E-state index < -0.39 is 0 Å². The standard InChI is InChI=1S/C5H6N2OS4/c1-3(6-4(9)10)7-5(11)12-2-8/h2H,1H2,(H,7,11)(H2,6,9,10). The molecule has 7 heteroatoms. The molecule has 0 aromatic heterocycles. The third-order valence-electron chi connectivity index (χ3n) is 0.666. The minimum Gasteiger partial charge on any atom is -0.328 e. The molecular weight excluding hydrogens is 232 g/mol. The van der Waals surface area contributed by atoms with Gasteiger partial charge in [-0.05, 0) is 11.8 Å². The maximum absolute atomic E-state index is 9.96. The van der Waals surface area contributed by atoms with Gasteiger partial charge in [-0.1, -0.05) is 31.0 Å². The third kappa shape index (κ3) is 6.59. The Morgan fingerprint density at radius 1 is 1.50 bits per heavy atom. The fourth-order valence-electron chi connectivity index (χ4n) is 0.357. The molecule has 0 aromatic rings.